The van der Waals surface area contributed by atoms with Crippen LogP contribution in [0.15, 0.2) is 0 Å². The van der Waals surface area contributed by atoms with Crippen LogP contribution in [-0.4, -0.2) is 64.0 Å². The highest BCUT2D eigenvalue weighted by atomic mass is 32.2. The number of nitrogens with zero attached hydrogens (tertiary/aromatic N) is 2. The van der Waals surface area contributed by atoms with Crippen LogP contribution in [0.1, 0.15) is 20.3 Å². The Balaban J connectivity index is 2.54. The van der Waals surface area contributed by atoms with Crippen LogP contribution in [0.2, 0.25) is 0 Å². The lowest BCUT2D eigenvalue weighted by atomic mass is 10.2. The molecule has 1 N–H and O–H groups in total. The smallest absolute Gasteiger partial charge is 0.305 e. The van der Waals surface area contributed by atoms with Gasteiger partial charge in [-0.25, -0.2) is 0 Å². The number of hydrogen-bond donors (Lipinski definition) is 1. The summed E-state index contributed by atoms with van der Waals surface area (Å²) in [4.78, 5) is 37.2. The number of thioether (sulfide) groups is 1. The van der Waals surface area contributed by atoms with Crippen LogP contribution in [0.3, 0.4) is 0 Å². The molecule has 1 aliphatic heterocycles. The van der Waals surface area contributed by atoms with E-state index < -0.39 is 5.97 Å². The van der Waals surface area contributed by atoms with Crippen LogP contribution >= 0.6 is 11.8 Å². The molecule has 0 aromatic carbocycles. The molecule has 1 fully saturated rings. The van der Waals surface area contributed by atoms with Crippen molar-refractivity contribution < 1.29 is 19.5 Å². The zero-order valence-corrected chi connectivity index (χ0v) is 12.1. The highest BCUT2D eigenvalue weighted by Crippen LogP contribution is 2.15. The monoisotopic (exact) mass is 288 g/mol. The van der Waals surface area contributed by atoms with Crippen molar-refractivity contribution in [2.24, 2.45) is 5.92 Å². The van der Waals surface area contributed by atoms with Gasteiger partial charge in [0.1, 0.15) is 6.54 Å². The molecule has 0 atom stereocenters. The van der Waals surface area contributed by atoms with Gasteiger partial charge >= 0.3 is 5.97 Å². The number of carboxylic acid groups (broad SMARTS) is 1. The predicted molar refractivity (Wildman–Crippen MR) is 72.7 cm³/mol. The Bertz CT molecular complexity index is 360. The molecule has 1 saturated heterocycles. The molecule has 0 aromatic heterocycles. The molecular weight excluding hydrogens is 268 g/mol. The molecule has 7 heteroatoms. The molecule has 0 aliphatic carbocycles. The predicted octanol–water partition coefficient (Wildman–Crippen LogP) is 0.479. The maximum atomic E-state index is 12.1. The molecular formula is C12H20N2O4S. The summed E-state index contributed by atoms with van der Waals surface area (Å²) in [6, 6.07) is 0. The average Bonchev–Trinajstić information content (AvgIpc) is 2.69. The average molecular weight is 288 g/mol. The summed E-state index contributed by atoms with van der Waals surface area (Å²) in [5.74, 6) is 0.105. The van der Waals surface area contributed by atoms with Crippen molar-refractivity contribution in [3.8, 4) is 0 Å². The highest BCUT2D eigenvalue weighted by molar-refractivity contribution is 8.00. The van der Waals surface area contributed by atoms with Gasteiger partial charge in [-0.3, -0.25) is 14.4 Å². The van der Waals surface area contributed by atoms with Gasteiger partial charge in [-0.2, -0.15) is 0 Å². The number of carboxylic acids is 1. The first kappa shape index (κ1) is 15.8. The van der Waals surface area contributed by atoms with Crippen molar-refractivity contribution >= 4 is 29.5 Å². The number of aliphatic carboxylic acids is 1. The minimum Gasteiger partial charge on any atom is -0.481 e. The molecule has 0 spiro atoms. The number of carbonyl (C=O) groups excluding carboxylic acids is 2. The van der Waals surface area contributed by atoms with E-state index in [-0.39, 0.29) is 37.2 Å². The molecule has 108 valence electrons. The van der Waals surface area contributed by atoms with Gasteiger partial charge in [0.15, 0.2) is 0 Å². The number of amides is 2. The molecule has 0 bridgehead atoms. The summed E-state index contributed by atoms with van der Waals surface area (Å²) < 4.78 is 0. The second-order valence-corrected chi connectivity index (χ2v) is 5.90. The second-order valence-electron chi connectivity index (χ2n) is 4.95. The maximum absolute atomic E-state index is 12.1. The molecule has 1 aliphatic rings. The van der Waals surface area contributed by atoms with E-state index in [9.17, 15) is 14.4 Å². The largest absolute Gasteiger partial charge is 0.481 e. The topological polar surface area (TPSA) is 77.9 Å². The van der Waals surface area contributed by atoms with Crippen LogP contribution in [-0.2, 0) is 14.4 Å². The van der Waals surface area contributed by atoms with Crippen LogP contribution in [0, 0.1) is 5.92 Å². The van der Waals surface area contributed by atoms with Gasteiger partial charge < -0.3 is 14.9 Å². The summed E-state index contributed by atoms with van der Waals surface area (Å²) in [5, 5.41) is 8.70. The highest BCUT2D eigenvalue weighted by Gasteiger charge is 2.25. The summed E-state index contributed by atoms with van der Waals surface area (Å²) in [7, 11) is 0. The summed E-state index contributed by atoms with van der Waals surface area (Å²) in [6.45, 7) is 4.71. The van der Waals surface area contributed by atoms with E-state index in [1.165, 1.54) is 21.6 Å². The van der Waals surface area contributed by atoms with Crippen molar-refractivity contribution in [3.63, 3.8) is 0 Å². The molecule has 6 nitrogen and oxygen atoms in total. The number of rotatable bonds is 7. The van der Waals surface area contributed by atoms with Gasteiger partial charge in [0.2, 0.25) is 11.8 Å². The lowest BCUT2D eigenvalue weighted by molar-refractivity contribution is -0.141. The molecule has 1 rings (SSSR count). The van der Waals surface area contributed by atoms with E-state index in [1.807, 2.05) is 13.8 Å². The van der Waals surface area contributed by atoms with E-state index in [0.29, 0.717) is 18.2 Å². The van der Waals surface area contributed by atoms with Crippen LogP contribution < -0.4 is 0 Å². The fourth-order valence-corrected chi connectivity index (χ4v) is 2.70. The van der Waals surface area contributed by atoms with E-state index >= 15 is 0 Å². The Morgan fingerprint density at radius 2 is 2.16 bits per heavy atom. The third-order valence-electron chi connectivity index (χ3n) is 2.69. The third-order valence-corrected chi connectivity index (χ3v) is 3.63. The van der Waals surface area contributed by atoms with Gasteiger partial charge in [0.05, 0.1) is 18.1 Å². The zero-order chi connectivity index (χ0) is 14.4. The molecule has 1 heterocycles. The molecule has 0 saturated carbocycles. The van der Waals surface area contributed by atoms with Crippen LogP contribution in [0.4, 0.5) is 0 Å². The molecule has 2 amide bonds. The van der Waals surface area contributed by atoms with Crippen LogP contribution in [0.25, 0.3) is 0 Å². The lowest BCUT2D eigenvalue weighted by Gasteiger charge is -2.26. The maximum Gasteiger partial charge on any atom is 0.305 e. The normalized spacial score (nSPS) is 15.1. The van der Waals surface area contributed by atoms with Gasteiger partial charge in [0.25, 0.3) is 0 Å². The van der Waals surface area contributed by atoms with Crippen molar-refractivity contribution in [2.75, 3.05) is 31.3 Å². The minimum atomic E-state index is -0.922. The first-order valence-electron chi connectivity index (χ1n) is 6.25. The van der Waals surface area contributed by atoms with E-state index in [4.69, 9.17) is 5.11 Å². The minimum absolute atomic E-state index is 0.0268. The van der Waals surface area contributed by atoms with Gasteiger partial charge in [-0.1, -0.05) is 13.8 Å². The molecule has 0 radical (unpaired) electrons. The van der Waals surface area contributed by atoms with Crippen molar-refractivity contribution in [2.45, 2.75) is 20.3 Å². The van der Waals surface area contributed by atoms with E-state index in [1.54, 1.807) is 0 Å². The molecule has 0 aromatic rings. The summed E-state index contributed by atoms with van der Waals surface area (Å²) in [5.41, 5.74) is 0. The summed E-state index contributed by atoms with van der Waals surface area (Å²) >= 11 is 1.49. The number of carbonyl (C=O) groups is 3. The molecule has 19 heavy (non-hydrogen) atoms. The quantitative estimate of drug-likeness (QED) is 0.737. The Morgan fingerprint density at radius 3 is 2.63 bits per heavy atom. The van der Waals surface area contributed by atoms with Crippen molar-refractivity contribution in [3.05, 3.63) is 0 Å². The standard InChI is InChI=1S/C12H20N2O4S/c1-9(2)5-13(4-3-12(17)18)10(15)6-14-8-19-7-11(14)16/h9H,3-8H2,1-2H3,(H,17,18). The van der Waals surface area contributed by atoms with E-state index in [0.717, 1.165) is 0 Å². The first-order chi connectivity index (χ1) is 8.90. The fourth-order valence-electron chi connectivity index (χ4n) is 1.79. The Labute approximate surface area is 117 Å². The zero-order valence-electron chi connectivity index (χ0n) is 11.3. The SMILES string of the molecule is CC(C)CN(CCC(=O)O)C(=O)CN1CSCC1=O. The first-order valence-corrected chi connectivity index (χ1v) is 7.40. The number of hydrogen-bond acceptors (Lipinski definition) is 4. The Hall–Kier alpha value is -1.24. The van der Waals surface area contributed by atoms with Gasteiger partial charge in [0, 0.05) is 13.1 Å². The van der Waals surface area contributed by atoms with Gasteiger partial charge in [-0.05, 0) is 5.92 Å². The second kappa shape index (κ2) is 7.37. The van der Waals surface area contributed by atoms with Crippen LogP contribution in [0.5, 0.6) is 0 Å². The van der Waals surface area contributed by atoms with Crippen molar-refractivity contribution in [1.29, 1.82) is 0 Å². The van der Waals surface area contributed by atoms with Gasteiger partial charge in [-0.15, -0.1) is 11.8 Å². The van der Waals surface area contributed by atoms with Crippen molar-refractivity contribution in [1.82, 2.24) is 9.80 Å². The summed E-state index contributed by atoms with van der Waals surface area (Å²) in [6.07, 6.45) is -0.0683. The lowest BCUT2D eigenvalue weighted by Crippen LogP contribution is -2.43. The fraction of sp³-hybridized carbons (Fsp3) is 0.750. The molecule has 0 unspecified atom stereocenters. The third kappa shape index (κ3) is 5.50. The Kier molecular flexibility index (Phi) is 6.14. The van der Waals surface area contributed by atoms with E-state index in [2.05, 4.69) is 0 Å². The Morgan fingerprint density at radius 1 is 1.47 bits per heavy atom.